The lowest BCUT2D eigenvalue weighted by Crippen LogP contribution is -2.75. The molecule has 3 aliphatic heterocycles. The summed E-state index contributed by atoms with van der Waals surface area (Å²) in [4.78, 5) is 4.86. The van der Waals surface area contributed by atoms with Crippen LogP contribution in [0.15, 0.2) is 79.0 Å². The third-order valence-corrected chi connectivity index (χ3v) is 7.98. The van der Waals surface area contributed by atoms with Crippen molar-refractivity contribution >= 4 is 38.5 Å². The summed E-state index contributed by atoms with van der Waals surface area (Å²) in [5, 5.41) is 7.41. The summed E-state index contributed by atoms with van der Waals surface area (Å²) >= 11 is 0. The van der Waals surface area contributed by atoms with Crippen LogP contribution in [-0.4, -0.2) is 19.2 Å². The molecule has 0 fully saturated rings. The van der Waals surface area contributed by atoms with Crippen LogP contribution >= 0.6 is 0 Å². The van der Waals surface area contributed by atoms with E-state index in [4.69, 9.17) is 14.8 Å². The fourth-order valence-electron chi connectivity index (χ4n) is 6.91. The quantitative estimate of drug-likeness (QED) is 0.258. The van der Waals surface area contributed by atoms with Crippen molar-refractivity contribution in [1.29, 1.82) is 0 Å². The highest BCUT2D eigenvalue weighted by molar-refractivity contribution is 6.14. The molecule has 7 aromatic rings. The lowest BCUT2D eigenvalue weighted by Gasteiger charge is -2.26. The summed E-state index contributed by atoms with van der Waals surface area (Å²) in [6.45, 7) is 2.06. The van der Waals surface area contributed by atoms with Gasteiger partial charge in [-0.05, 0) is 55.5 Å². The largest absolute Gasteiger partial charge is 0.449 e. The second-order valence-corrected chi connectivity index (χ2v) is 9.62. The van der Waals surface area contributed by atoms with Gasteiger partial charge >= 0.3 is 17.3 Å². The Morgan fingerprint density at radius 3 is 2.80 bits per heavy atom. The molecule has 0 aliphatic carbocycles. The van der Waals surface area contributed by atoms with Gasteiger partial charge in [-0.2, -0.15) is 9.50 Å². The van der Waals surface area contributed by atoms with Gasteiger partial charge in [-0.3, -0.25) is 4.98 Å². The molecule has 0 saturated carbocycles. The van der Waals surface area contributed by atoms with Gasteiger partial charge in [0.05, 0.1) is 17.1 Å². The second kappa shape index (κ2) is 5.00. The Balaban J connectivity index is 1.62. The molecule has 1 spiro atoms. The number of pyridine rings is 3. The summed E-state index contributed by atoms with van der Waals surface area (Å²) in [5.41, 5.74) is 9.80. The van der Waals surface area contributed by atoms with Crippen LogP contribution in [0, 0.1) is 6.92 Å². The molecular weight excluding hydrogens is 436 g/mol. The Kier molecular flexibility index (Phi) is 2.40. The van der Waals surface area contributed by atoms with Crippen molar-refractivity contribution < 1.29 is 13.9 Å². The molecule has 0 saturated heterocycles. The summed E-state index contributed by atoms with van der Waals surface area (Å²) in [6.07, 6.45) is 1.88. The van der Waals surface area contributed by atoms with E-state index in [0.29, 0.717) is 0 Å². The minimum Gasteiger partial charge on any atom is -0.404 e. The number of fused-ring (bicyclic) bond motifs is 8. The molecule has 10 rings (SSSR count). The lowest BCUT2D eigenvalue weighted by atomic mass is 9.98. The topological polar surface area (TPSA) is 52.1 Å². The maximum absolute atomic E-state index is 6.58. The highest BCUT2D eigenvalue weighted by atomic mass is 16.5. The molecule has 1 atom stereocenters. The number of hydrogen-bond donors (Lipinski definition) is 0. The van der Waals surface area contributed by atoms with E-state index < -0.39 is 5.79 Å². The molecule has 5 aromatic heterocycles. The third kappa shape index (κ3) is 1.50. The Bertz CT molecular complexity index is 2170. The van der Waals surface area contributed by atoms with E-state index in [-0.39, 0.29) is 0 Å². The zero-order chi connectivity index (χ0) is 22.6. The van der Waals surface area contributed by atoms with E-state index in [2.05, 4.69) is 91.9 Å². The van der Waals surface area contributed by atoms with E-state index in [9.17, 15) is 0 Å². The van der Waals surface area contributed by atoms with Crippen molar-refractivity contribution in [1.82, 2.24) is 19.2 Å². The van der Waals surface area contributed by atoms with Crippen LogP contribution in [0.4, 0.5) is 0 Å². The van der Waals surface area contributed by atoms with Gasteiger partial charge in [-0.25, -0.2) is 0 Å². The fourth-order valence-corrected chi connectivity index (χ4v) is 6.91. The number of hydrogen-bond acceptors (Lipinski definition) is 3. The maximum Gasteiger partial charge on any atom is 0.449 e. The van der Waals surface area contributed by atoms with Crippen LogP contribution < -0.4 is 13.9 Å². The lowest BCUT2D eigenvalue weighted by molar-refractivity contribution is -0.960. The number of rotatable bonds is 0. The summed E-state index contributed by atoms with van der Waals surface area (Å²) < 4.78 is 15.9. The van der Waals surface area contributed by atoms with Crippen molar-refractivity contribution in [3.8, 4) is 23.0 Å². The molecule has 0 amide bonds. The predicted octanol–water partition coefficient (Wildman–Crippen LogP) is 4.03. The van der Waals surface area contributed by atoms with Crippen LogP contribution in [0.1, 0.15) is 11.3 Å². The van der Waals surface area contributed by atoms with E-state index in [1.54, 1.807) is 0 Å². The van der Waals surface area contributed by atoms with E-state index in [0.717, 1.165) is 67.4 Å². The number of benzene rings is 2. The number of imidazole rings is 1. The summed E-state index contributed by atoms with van der Waals surface area (Å²) in [7, 11) is 0. The number of aryl methyl sites for hydroxylation is 1. The molecule has 2 aromatic carbocycles. The number of para-hydroxylation sites is 2. The number of aromatic nitrogens is 6. The van der Waals surface area contributed by atoms with Crippen molar-refractivity contribution in [3.63, 3.8) is 0 Å². The molecule has 7 nitrogen and oxygen atoms in total. The SMILES string of the molecule is Cc1cc2n(n1)C13c4c(ccc5c6ncccc6n6c7ccccc7[n+]1c6c45)Oc1cccc-2[n+]13. The van der Waals surface area contributed by atoms with Crippen LogP contribution in [0.3, 0.4) is 0 Å². The predicted molar refractivity (Wildman–Crippen MR) is 128 cm³/mol. The Morgan fingerprint density at radius 2 is 1.83 bits per heavy atom. The minimum atomic E-state index is -0.739. The third-order valence-electron chi connectivity index (χ3n) is 7.98. The standard InChI is InChI=1S/C28H16N6O/c1-15-14-21-19-8-4-10-23-32(19)28(34(21)30-15)25-22(35-23)12-11-16-24(25)27-31(20-9-5-13-29-26(16)20)17-6-2-3-7-18(17)33(27)28/h2-14H,1H3/q+2. The average Bonchev–Trinajstić information content (AvgIpc) is 3.60. The first-order valence-electron chi connectivity index (χ1n) is 11.8. The zero-order valence-electron chi connectivity index (χ0n) is 18.6. The molecular formula is C28H16N6O+2. The molecule has 3 aliphatic rings. The van der Waals surface area contributed by atoms with Crippen LogP contribution in [0.5, 0.6) is 11.6 Å². The van der Waals surface area contributed by atoms with Crippen LogP contribution in [-0.2, 0) is 5.79 Å². The van der Waals surface area contributed by atoms with Crippen molar-refractivity contribution in [2.45, 2.75) is 12.7 Å². The number of ether oxygens (including phenoxy) is 1. The monoisotopic (exact) mass is 452 g/mol. The highest BCUT2D eigenvalue weighted by Gasteiger charge is 2.70. The first kappa shape index (κ1) is 16.8. The van der Waals surface area contributed by atoms with E-state index in [1.807, 2.05) is 12.3 Å². The Labute approximate surface area is 197 Å². The smallest absolute Gasteiger partial charge is 0.404 e. The molecule has 162 valence electrons. The van der Waals surface area contributed by atoms with Crippen molar-refractivity contribution in [2.24, 2.45) is 0 Å². The van der Waals surface area contributed by atoms with E-state index in [1.165, 1.54) is 5.39 Å². The molecule has 0 N–H and O–H groups in total. The van der Waals surface area contributed by atoms with Crippen molar-refractivity contribution in [3.05, 3.63) is 90.3 Å². The van der Waals surface area contributed by atoms with Gasteiger partial charge < -0.3 is 4.74 Å². The average molecular weight is 452 g/mol. The molecule has 1 unspecified atom stereocenters. The van der Waals surface area contributed by atoms with Crippen LogP contribution in [0.2, 0.25) is 0 Å². The van der Waals surface area contributed by atoms with Gasteiger partial charge in [0.15, 0.2) is 27.9 Å². The van der Waals surface area contributed by atoms with Gasteiger partial charge in [-0.1, -0.05) is 16.7 Å². The Morgan fingerprint density at radius 1 is 0.914 bits per heavy atom. The van der Waals surface area contributed by atoms with Gasteiger partial charge in [0.2, 0.25) is 5.69 Å². The van der Waals surface area contributed by atoms with Crippen molar-refractivity contribution in [2.75, 3.05) is 0 Å². The molecule has 35 heavy (non-hydrogen) atoms. The summed E-state index contributed by atoms with van der Waals surface area (Å²) in [6, 6.07) is 25.5. The maximum atomic E-state index is 6.58. The van der Waals surface area contributed by atoms with Gasteiger partial charge in [0, 0.05) is 17.6 Å². The summed E-state index contributed by atoms with van der Waals surface area (Å²) in [5.74, 6) is 0.931. The molecule has 7 heteroatoms. The molecule has 0 bridgehead atoms. The van der Waals surface area contributed by atoms with Gasteiger partial charge in [0.25, 0.3) is 0 Å². The van der Waals surface area contributed by atoms with Crippen LogP contribution in [0.25, 0.3) is 49.9 Å². The van der Waals surface area contributed by atoms with Gasteiger partial charge in [-0.15, -0.1) is 9.25 Å². The fraction of sp³-hybridized carbons (Fsp3) is 0.0714. The second-order valence-electron chi connectivity index (χ2n) is 9.62. The van der Waals surface area contributed by atoms with E-state index >= 15 is 0 Å². The highest BCUT2D eigenvalue weighted by Crippen LogP contribution is 2.52. The number of nitrogens with zero attached hydrogens (tertiary/aromatic N) is 6. The first-order valence-corrected chi connectivity index (χ1v) is 11.8. The Hall–Kier alpha value is -4.78. The normalized spacial score (nSPS) is 18.2. The zero-order valence-corrected chi connectivity index (χ0v) is 18.6. The minimum absolute atomic E-state index is 0.739. The first-order chi connectivity index (χ1) is 17.3. The molecule has 8 heterocycles. The van der Waals surface area contributed by atoms with Gasteiger partial charge in [0.1, 0.15) is 11.2 Å². The molecule has 0 radical (unpaired) electrons.